The van der Waals surface area contributed by atoms with Gasteiger partial charge in [0.25, 0.3) is 0 Å². The van der Waals surface area contributed by atoms with Crippen molar-refractivity contribution in [2.45, 2.75) is 19.8 Å². The molecule has 0 unspecified atom stereocenters. The molecule has 1 aromatic heterocycles. The topological polar surface area (TPSA) is 46.0 Å². The smallest absolute Gasteiger partial charge is 0.148 e. The number of benzene rings is 1. The number of alkyl halides is 1. The van der Waals surface area contributed by atoms with Gasteiger partial charge in [-0.05, 0) is 19.4 Å². The maximum atomic E-state index is 9.65. The summed E-state index contributed by atoms with van der Waals surface area (Å²) in [5, 5.41) is 19.8. The number of aromatic nitrogens is 2. The van der Waals surface area contributed by atoms with Crippen LogP contribution in [-0.4, -0.2) is 21.2 Å². The lowest BCUT2D eigenvalue weighted by Gasteiger charge is -2.02. The highest BCUT2D eigenvalue weighted by atomic mass is 35.5. The van der Waals surface area contributed by atoms with Crippen molar-refractivity contribution >= 4 is 22.9 Å². The van der Waals surface area contributed by atoms with Gasteiger partial charge in [-0.1, -0.05) is 23.5 Å². The fraction of sp³-hybridized carbons (Fsp3) is 0.333. The Morgan fingerprint density at radius 3 is 2.94 bits per heavy atom. The molecule has 0 radical (unpaired) electrons. The van der Waals surface area contributed by atoms with Crippen LogP contribution in [0.1, 0.15) is 17.0 Å². The first-order valence-corrected chi connectivity index (χ1v) is 6.74. The summed E-state index contributed by atoms with van der Waals surface area (Å²) in [7, 11) is 0. The molecule has 1 heterocycles. The van der Waals surface area contributed by atoms with Crippen molar-refractivity contribution in [3.63, 3.8) is 0 Å². The van der Waals surface area contributed by atoms with Crippen molar-refractivity contribution in [2.24, 2.45) is 0 Å². The Kier molecular flexibility index (Phi) is 3.97. The number of halogens is 1. The second-order valence-corrected chi connectivity index (χ2v) is 5.18. The van der Waals surface area contributed by atoms with Crippen LogP contribution in [0.15, 0.2) is 18.2 Å². The Labute approximate surface area is 109 Å². The average molecular weight is 269 g/mol. The van der Waals surface area contributed by atoms with Gasteiger partial charge in [-0.3, -0.25) is 0 Å². The first-order chi connectivity index (χ1) is 8.22. The Balaban J connectivity index is 2.27. The second kappa shape index (κ2) is 5.47. The van der Waals surface area contributed by atoms with Crippen LogP contribution in [0.3, 0.4) is 0 Å². The van der Waals surface area contributed by atoms with Crippen molar-refractivity contribution in [3.8, 4) is 16.3 Å². The summed E-state index contributed by atoms with van der Waals surface area (Å²) in [6, 6.07) is 5.44. The van der Waals surface area contributed by atoms with Crippen molar-refractivity contribution in [2.75, 3.05) is 5.88 Å². The SMILES string of the molecule is Cc1c(O)cccc1-c1nnc(CCCCl)s1. The average Bonchev–Trinajstić information content (AvgIpc) is 2.78. The highest BCUT2D eigenvalue weighted by Crippen LogP contribution is 2.31. The van der Waals surface area contributed by atoms with Gasteiger partial charge in [0.1, 0.15) is 15.8 Å². The minimum atomic E-state index is 0.292. The standard InChI is InChI=1S/C12H13ClN2OS/c1-8-9(4-2-5-10(8)16)12-15-14-11(17-12)6-3-7-13/h2,4-5,16H,3,6-7H2,1H3. The molecule has 0 atom stereocenters. The third kappa shape index (κ3) is 2.76. The Morgan fingerprint density at radius 2 is 2.18 bits per heavy atom. The summed E-state index contributed by atoms with van der Waals surface area (Å²) in [4.78, 5) is 0. The monoisotopic (exact) mass is 268 g/mol. The Morgan fingerprint density at radius 1 is 1.35 bits per heavy atom. The lowest BCUT2D eigenvalue weighted by molar-refractivity contribution is 0.471. The highest BCUT2D eigenvalue weighted by Gasteiger charge is 2.10. The summed E-state index contributed by atoms with van der Waals surface area (Å²) in [6.07, 6.45) is 1.77. The molecule has 0 saturated heterocycles. The number of rotatable bonds is 4. The van der Waals surface area contributed by atoms with E-state index in [4.69, 9.17) is 11.6 Å². The molecule has 0 amide bonds. The molecule has 0 aliphatic carbocycles. The van der Waals surface area contributed by atoms with Gasteiger partial charge < -0.3 is 5.11 Å². The van der Waals surface area contributed by atoms with E-state index >= 15 is 0 Å². The molecule has 0 fully saturated rings. The molecular formula is C12H13ClN2OS. The van der Waals surface area contributed by atoms with Crippen LogP contribution < -0.4 is 0 Å². The summed E-state index contributed by atoms with van der Waals surface area (Å²) in [5.41, 5.74) is 1.78. The Bertz CT molecular complexity index is 513. The van der Waals surface area contributed by atoms with E-state index in [9.17, 15) is 5.11 Å². The van der Waals surface area contributed by atoms with Gasteiger partial charge >= 0.3 is 0 Å². The van der Waals surface area contributed by atoms with E-state index in [1.54, 1.807) is 17.4 Å². The van der Waals surface area contributed by atoms with Crippen molar-refractivity contribution in [1.29, 1.82) is 0 Å². The van der Waals surface area contributed by atoms with Crippen LogP contribution in [0.5, 0.6) is 5.75 Å². The van der Waals surface area contributed by atoms with Gasteiger partial charge in [-0.2, -0.15) is 0 Å². The van der Waals surface area contributed by atoms with Crippen molar-refractivity contribution in [3.05, 3.63) is 28.8 Å². The number of phenolic OH excluding ortho intramolecular Hbond substituents is 1. The Hall–Kier alpha value is -1.13. The van der Waals surface area contributed by atoms with E-state index in [1.807, 2.05) is 19.1 Å². The van der Waals surface area contributed by atoms with Gasteiger partial charge in [-0.15, -0.1) is 21.8 Å². The first-order valence-electron chi connectivity index (χ1n) is 5.39. The van der Waals surface area contributed by atoms with E-state index in [2.05, 4.69) is 10.2 Å². The zero-order chi connectivity index (χ0) is 12.3. The quantitative estimate of drug-likeness (QED) is 0.865. The second-order valence-electron chi connectivity index (χ2n) is 3.74. The fourth-order valence-corrected chi connectivity index (χ4v) is 2.63. The molecule has 90 valence electrons. The molecule has 0 bridgehead atoms. The van der Waals surface area contributed by atoms with Crippen LogP contribution in [0.2, 0.25) is 0 Å². The summed E-state index contributed by atoms with van der Waals surface area (Å²) >= 11 is 7.20. The fourth-order valence-electron chi connectivity index (χ4n) is 1.54. The molecule has 5 heteroatoms. The van der Waals surface area contributed by atoms with Crippen LogP contribution >= 0.6 is 22.9 Å². The maximum absolute atomic E-state index is 9.65. The first kappa shape index (κ1) is 12.3. The van der Waals surface area contributed by atoms with E-state index in [-0.39, 0.29) is 0 Å². The lowest BCUT2D eigenvalue weighted by atomic mass is 10.1. The molecule has 0 aliphatic heterocycles. The maximum Gasteiger partial charge on any atom is 0.148 e. The highest BCUT2D eigenvalue weighted by molar-refractivity contribution is 7.14. The number of aromatic hydroxyl groups is 1. The zero-order valence-corrected chi connectivity index (χ0v) is 11.1. The normalized spacial score (nSPS) is 10.7. The van der Waals surface area contributed by atoms with Gasteiger partial charge in [0.15, 0.2) is 0 Å². The molecule has 2 aromatic rings. The third-order valence-corrected chi connectivity index (χ3v) is 3.81. The minimum Gasteiger partial charge on any atom is -0.508 e. The lowest BCUT2D eigenvalue weighted by Crippen LogP contribution is -1.84. The number of hydrogen-bond acceptors (Lipinski definition) is 4. The van der Waals surface area contributed by atoms with E-state index in [0.717, 1.165) is 34.0 Å². The molecule has 17 heavy (non-hydrogen) atoms. The third-order valence-electron chi connectivity index (χ3n) is 2.53. The zero-order valence-electron chi connectivity index (χ0n) is 9.48. The number of aryl methyl sites for hydroxylation is 1. The van der Waals surface area contributed by atoms with Gasteiger partial charge in [0, 0.05) is 23.4 Å². The largest absolute Gasteiger partial charge is 0.508 e. The molecule has 1 aromatic carbocycles. The number of nitrogens with zero attached hydrogens (tertiary/aromatic N) is 2. The molecule has 0 saturated carbocycles. The molecular weight excluding hydrogens is 256 g/mol. The molecule has 2 rings (SSSR count). The molecule has 0 spiro atoms. The van der Waals surface area contributed by atoms with E-state index in [0.29, 0.717) is 11.6 Å². The van der Waals surface area contributed by atoms with Crippen LogP contribution in [-0.2, 0) is 6.42 Å². The predicted octanol–water partition coefficient (Wildman–Crippen LogP) is 3.39. The molecule has 1 N–H and O–H groups in total. The van der Waals surface area contributed by atoms with E-state index in [1.165, 1.54) is 0 Å². The molecule has 0 aliphatic rings. The van der Waals surface area contributed by atoms with Crippen LogP contribution in [0, 0.1) is 6.92 Å². The summed E-state index contributed by atoms with van der Waals surface area (Å²) in [5.74, 6) is 0.931. The van der Waals surface area contributed by atoms with E-state index < -0.39 is 0 Å². The van der Waals surface area contributed by atoms with Gasteiger partial charge in [0.05, 0.1) is 0 Å². The van der Waals surface area contributed by atoms with Crippen molar-refractivity contribution in [1.82, 2.24) is 10.2 Å². The molecule has 3 nitrogen and oxygen atoms in total. The number of hydrogen-bond donors (Lipinski definition) is 1. The van der Waals surface area contributed by atoms with Gasteiger partial charge in [0.2, 0.25) is 0 Å². The number of phenols is 1. The van der Waals surface area contributed by atoms with Gasteiger partial charge in [-0.25, -0.2) is 0 Å². The minimum absolute atomic E-state index is 0.292. The predicted molar refractivity (Wildman–Crippen MR) is 70.8 cm³/mol. The van der Waals surface area contributed by atoms with Crippen molar-refractivity contribution < 1.29 is 5.11 Å². The van der Waals surface area contributed by atoms with Crippen LogP contribution in [0.4, 0.5) is 0 Å². The summed E-state index contributed by atoms with van der Waals surface area (Å²) in [6.45, 7) is 1.88. The summed E-state index contributed by atoms with van der Waals surface area (Å²) < 4.78 is 0. The van der Waals surface area contributed by atoms with Crippen LogP contribution in [0.25, 0.3) is 10.6 Å².